The molecule has 0 unspecified atom stereocenters. The second kappa shape index (κ2) is 8.68. The molecule has 0 nitrogen and oxygen atoms in total. The fourth-order valence-corrected chi connectivity index (χ4v) is 1.19. The number of benzene rings is 2. The molecule has 2 rings (SSSR count). The number of hydrogen-bond acceptors (Lipinski definition) is 0. The molecule has 18 heavy (non-hydrogen) atoms. The van der Waals surface area contributed by atoms with E-state index in [9.17, 15) is 0 Å². The molecule has 0 saturated carbocycles. The third-order valence-corrected chi connectivity index (χ3v) is 2.10. The summed E-state index contributed by atoms with van der Waals surface area (Å²) in [5.74, 6) is 8.65. The molecule has 0 atom stereocenters. The van der Waals surface area contributed by atoms with Crippen molar-refractivity contribution in [3.8, 4) is 24.2 Å². The summed E-state index contributed by atoms with van der Waals surface area (Å²) in [5.41, 5.74) is 2.10. The van der Waals surface area contributed by atoms with Crippen molar-refractivity contribution in [3.05, 3.63) is 71.8 Å². The van der Waals surface area contributed by atoms with E-state index >= 15 is 0 Å². The molecule has 0 bridgehead atoms. The van der Waals surface area contributed by atoms with Crippen LogP contribution in [0.5, 0.6) is 0 Å². The molecule has 0 radical (unpaired) electrons. The van der Waals surface area contributed by atoms with Gasteiger partial charge < -0.3 is 0 Å². The molecule has 88 valence electrons. The standard InChI is InChI=1S/C14H10.C4H6/c1-3-7-13(8-4-1)11-12-14-9-5-2-6-10-14;1-3-4-2/h1-10H;1H,4H2,2H3. The van der Waals surface area contributed by atoms with E-state index in [1.165, 1.54) is 0 Å². The Hall–Kier alpha value is -2.44. The van der Waals surface area contributed by atoms with E-state index in [4.69, 9.17) is 6.42 Å². The normalized spacial score (nSPS) is 8.00. The van der Waals surface area contributed by atoms with Gasteiger partial charge in [-0.2, -0.15) is 0 Å². The number of rotatable bonds is 0. The van der Waals surface area contributed by atoms with Crippen molar-refractivity contribution in [2.45, 2.75) is 13.3 Å². The van der Waals surface area contributed by atoms with E-state index in [1.54, 1.807) is 0 Å². The lowest BCUT2D eigenvalue weighted by Gasteiger charge is -1.88. The second-order valence-electron chi connectivity index (χ2n) is 3.54. The van der Waals surface area contributed by atoms with Crippen LogP contribution in [0.3, 0.4) is 0 Å². The Kier molecular flexibility index (Phi) is 6.57. The smallest absolute Gasteiger partial charge is 0.0249 e. The van der Waals surface area contributed by atoms with E-state index in [2.05, 4.69) is 17.8 Å². The van der Waals surface area contributed by atoms with Crippen molar-refractivity contribution in [1.82, 2.24) is 0 Å². The van der Waals surface area contributed by atoms with Crippen LogP contribution in [0.2, 0.25) is 0 Å². The average Bonchev–Trinajstić information content (AvgIpc) is 2.47. The minimum atomic E-state index is 0.847. The van der Waals surface area contributed by atoms with Crippen LogP contribution in [0.1, 0.15) is 24.5 Å². The van der Waals surface area contributed by atoms with Crippen LogP contribution >= 0.6 is 0 Å². The molecule has 0 N–H and O–H groups in total. The summed E-state index contributed by atoms with van der Waals surface area (Å²) in [6, 6.07) is 20.0. The largest absolute Gasteiger partial charge is 0.120 e. The van der Waals surface area contributed by atoms with Crippen molar-refractivity contribution in [1.29, 1.82) is 0 Å². The van der Waals surface area contributed by atoms with Crippen LogP contribution in [0.25, 0.3) is 0 Å². The SMILES string of the molecule is C#CCC.C(#Cc1ccccc1)c1ccccc1. The Balaban J connectivity index is 0.000000357. The van der Waals surface area contributed by atoms with Gasteiger partial charge in [0.15, 0.2) is 0 Å². The minimum absolute atomic E-state index is 0.847. The van der Waals surface area contributed by atoms with Crippen LogP contribution in [-0.2, 0) is 0 Å². The lowest BCUT2D eigenvalue weighted by atomic mass is 10.2. The highest BCUT2D eigenvalue weighted by molar-refractivity contribution is 5.42. The van der Waals surface area contributed by atoms with Crippen LogP contribution in [0.15, 0.2) is 60.7 Å². The molecule has 2 aromatic rings. The van der Waals surface area contributed by atoms with Crippen molar-refractivity contribution < 1.29 is 0 Å². The van der Waals surface area contributed by atoms with Gasteiger partial charge in [-0.15, -0.1) is 12.3 Å². The van der Waals surface area contributed by atoms with Gasteiger partial charge in [-0.3, -0.25) is 0 Å². The maximum absolute atomic E-state index is 4.78. The first-order chi connectivity index (χ1) is 8.86. The Morgan fingerprint density at radius 3 is 1.39 bits per heavy atom. The van der Waals surface area contributed by atoms with Crippen molar-refractivity contribution in [2.75, 3.05) is 0 Å². The number of hydrogen-bond donors (Lipinski definition) is 0. The van der Waals surface area contributed by atoms with E-state index in [0.29, 0.717) is 0 Å². The molecule has 0 fully saturated rings. The molecule has 0 amide bonds. The summed E-state index contributed by atoms with van der Waals surface area (Å²) in [4.78, 5) is 0. The third-order valence-electron chi connectivity index (χ3n) is 2.10. The summed E-state index contributed by atoms with van der Waals surface area (Å²) in [6.07, 6.45) is 5.62. The van der Waals surface area contributed by atoms with Crippen molar-refractivity contribution in [2.24, 2.45) is 0 Å². The second-order valence-corrected chi connectivity index (χ2v) is 3.54. The van der Waals surface area contributed by atoms with Crippen LogP contribution in [-0.4, -0.2) is 0 Å². The molecule has 0 saturated heterocycles. The average molecular weight is 232 g/mol. The molecular formula is C18H16. The Morgan fingerprint density at radius 2 is 1.11 bits per heavy atom. The van der Waals surface area contributed by atoms with Gasteiger partial charge in [0.05, 0.1) is 0 Å². The van der Waals surface area contributed by atoms with Crippen LogP contribution in [0, 0.1) is 24.2 Å². The quantitative estimate of drug-likeness (QED) is 0.599. The summed E-state index contributed by atoms with van der Waals surface area (Å²) < 4.78 is 0. The minimum Gasteiger partial charge on any atom is -0.120 e. The first kappa shape index (κ1) is 13.6. The first-order valence-electron chi connectivity index (χ1n) is 5.92. The fraction of sp³-hybridized carbons (Fsp3) is 0.111. The summed E-state index contributed by atoms with van der Waals surface area (Å²) in [5, 5.41) is 0. The highest BCUT2D eigenvalue weighted by Crippen LogP contribution is 1.98. The van der Waals surface area contributed by atoms with Crippen molar-refractivity contribution >= 4 is 0 Å². The zero-order valence-electron chi connectivity index (χ0n) is 10.6. The lowest BCUT2D eigenvalue weighted by Crippen LogP contribution is -1.73. The fourth-order valence-electron chi connectivity index (χ4n) is 1.19. The summed E-state index contributed by atoms with van der Waals surface area (Å²) in [6.45, 7) is 1.94. The van der Waals surface area contributed by atoms with E-state index in [0.717, 1.165) is 17.5 Å². The van der Waals surface area contributed by atoms with Gasteiger partial charge >= 0.3 is 0 Å². The molecule has 0 aliphatic heterocycles. The Labute approximate surface area is 110 Å². The molecule has 2 aromatic carbocycles. The van der Waals surface area contributed by atoms with E-state index in [-0.39, 0.29) is 0 Å². The molecule has 0 heterocycles. The van der Waals surface area contributed by atoms with Gasteiger partial charge in [0.25, 0.3) is 0 Å². The van der Waals surface area contributed by atoms with Gasteiger partial charge in [-0.1, -0.05) is 55.2 Å². The van der Waals surface area contributed by atoms with Gasteiger partial charge in [-0.05, 0) is 24.3 Å². The number of terminal acetylenes is 1. The highest BCUT2D eigenvalue weighted by Gasteiger charge is 1.83. The van der Waals surface area contributed by atoms with Gasteiger partial charge in [0, 0.05) is 17.5 Å². The third kappa shape index (κ3) is 5.59. The maximum Gasteiger partial charge on any atom is 0.0249 e. The summed E-state index contributed by atoms with van der Waals surface area (Å²) in [7, 11) is 0. The zero-order valence-corrected chi connectivity index (χ0v) is 10.6. The lowest BCUT2D eigenvalue weighted by molar-refractivity contribution is 1.28. The van der Waals surface area contributed by atoms with Gasteiger partial charge in [-0.25, -0.2) is 0 Å². The molecule has 0 spiro atoms. The van der Waals surface area contributed by atoms with Crippen molar-refractivity contribution in [3.63, 3.8) is 0 Å². The zero-order chi connectivity index (χ0) is 13.1. The van der Waals surface area contributed by atoms with Gasteiger partial charge in [0.1, 0.15) is 0 Å². The van der Waals surface area contributed by atoms with Crippen LogP contribution < -0.4 is 0 Å². The maximum atomic E-state index is 4.78. The Morgan fingerprint density at radius 1 is 0.778 bits per heavy atom. The highest BCUT2D eigenvalue weighted by atomic mass is 13.9. The molecule has 0 aliphatic rings. The van der Waals surface area contributed by atoms with E-state index < -0.39 is 0 Å². The summed E-state index contributed by atoms with van der Waals surface area (Å²) >= 11 is 0. The van der Waals surface area contributed by atoms with Crippen LogP contribution in [0.4, 0.5) is 0 Å². The predicted octanol–water partition coefficient (Wildman–Crippen LogP) is 4.12. The topological polar surface area (TPSA) is 0 Å². The monoisotopic (exact) mass is 232 g/mol. The molecule has 0 aliphatic carbocycles. The predicted molar refractivity (Wildman–Crippen MR) is 78.0 cm³/mol. The van der Waals surface area contributed by atoms with E-state index in [1.807, 2.05) is 67.6 Å². The Bertz CT molecular complexity index is 490. The molecule has 0 heteroatoms. The molecular weight excluding hydrogens is 216 g/mol. The van der Waals surface area contributed by atoms with Gasteiger partial charge in [0.2, 0.25) is 0 Å². The molecule has 0 aromatic heterocycles. The first-order valence-corrected chi connectivity index (χ1v) is 5.92.